The predicted molar refractivity (Wildman–Crippen MR) is 72.5 cm³/mol. The first-order valence-electron chi connectivity index (χ1n) is 6.36. The summed E-state index contributed by atoms with van der Waals surface area (Å²) < 4.78 is 2.07. The Kier molecular flexibility index (Phi) is 2.38. The summed E-state index contributed by atoms with van der Waals surface area (Å²) in [4.78, 5) is 4.59. The van der Waals surface area contributed by atoms with E-state index < -0.39 is 0 Å². The van der Waals surface area contributed by atoms with Crippen LogP contribution in [-0.2, 0) is 7.05 Å². The van der Waals surface area contributed by atoms with Crippen LogP contribution in [0.4, 0.5) is 5.95 Å². The van der Waals surface area contributed by atoms with Gasteiger partial charge in [0, 0.05) is 18.5 Å². The number of aliphatic hydroxyl groups is 1. The van der Waals surface area contributed by atoms with Crippen molar-refractivity contribution in [1.82, 2.24) is 9.55 Å². The summed E-state index contributed by atoms with van der Waals surface area (Å²) in [6, 6.07) is 8.37. The van der Waals surface area contributed by atoms with Gasteiger partial charge in [-0.25, -0.2) is 4.98 Å². The molecular weight excluding hydrogens is 226 g/mol. The summed E-state index contributed by atoms with van der Waals surface area (Å²) >= 11 is 0. The highest BCUT2D eigenvalue weighted by Gasteiger charge is 2.47. The molecule has 0 spiro atoms. The second-order valence-electron chi connectivity index (χ2n) is 5.75. The van der Waals surface area contributed by atoms with Crippen LogP contribution < -0.4 is 5.32 Å². The summed E-state index contributed by atoms with van der Waals surface area (Å²) in [6.07, 6.45) is 0.570. The van der Waals surface area contributed by atoms with Crippen molar-refractivity contribution in [2.75, 3.05) is 5.32 Å². The molecule has 96 valence electrons. The van der Waals surface area contributed by atoms with E-state index in [9.17, 15) is 5.11 Å². The first kappa shape index (κ1) is 11.5. The Morgan fingerprint density at radius 1 is 1.39 bits per heavy atom. The lowest BCUT2D eigenvalue weighted by atomic mass is 9.65. The molecule has 1 aliphatic carbocycles. The van der Waals surface area contributed by atoms with E-state index in [4.69, 9.17) is 0 Å². The first-order valence-corrected chi connectivity index (χ1v) is 6.36. The maximum Gasteiger partial charge on any atom is 0.203 e. The first-order chi connectivity index (χ1) is 8.50. The summed E-state index contributed by atoms with van der Waals surface area (Å²) in [5.41, 5.74) is 2.04. The lowest BCUT2D eigenvalue weighted by Crippen LogP contribution is -2.57. The fourth-order valence-corrected chi connectivity index (χ4v) is 2.58. The van der Waals surface area contributed by atoms with Crippen molar-refractivity contribution >= 4 is 17.0 Å². The maximum atomic E-state index is 9.77. The van der Waals surface area contributed by atoms with E-state index in [1.54, 1.807) is 0 Å². The topological polar surface area (TPSA) is 50.1 Å². The molecule has 0 radical (unpaired) electrons. The van der Waals surface area contributed by atoms with Gasteiger partial charge in [-0.15, -0.1) is 0 Å². The van der Waals surface area contributed by atoms with Gasteiger partial charge in [-0.05, 0) is 18.6 Å². The number of anilines is 1. The molecule has 2 atom stereocenters. The normalized spacial score (nSPS) is 26.0. The molecule has 1 aromatic heterocycles. The van der Waals surface area contributed by atoms with E-state index in [1.165, 1.54) is 0 Å². The molecule has 1 saturated carbocycles. The third kappa shape index (κ3) is 1.52. The number of aromatic nitrogens is 2. The molecule has 1 aromatic carbocycles. The van der Waals surface area contributed by atoms with Crippen LogP contribution >= 0.6 is 0 Å². The Morgan fingerprint density at radius 3 is 2.72 bits per heavy atom. The van der Waals surface area contributed by atoms with Gasteiger partial charge in [0.25, 0.3) is 0 Å². The van der Waals surface area contributed by atoms with Crippen LogP contribution in [-0.4, -0.2) is 26.8 Å². The van der Waals surface area contributed by atoms with Crippen molar-refractivity contribution in [3.05, 3.63) is 24.3 Å². The molecule has 2 N–H and O–H groups in total. The highest BCUT2D eigenvalue weighted by atomic mass is 16.3. The van der Waals surface area contributed by atoms with Crippen molar-refractivity contribution in [2.45, 2.75) is 32.4 Å². The zero-order valence-corrected chi connectivity index (χ0v) is 11.0. The molecule has 4 heteroatoms. The molecule has 0 aliphatic heterocycles. The van der Waals surface area contributed by atoms with Gasteiger partial charge in [-0.1, -0.05) is 26.0 Å². The number of aliphatic hydroxyl groups excluding tert-OH is 1. The van der Waals surface area contributed by atoms with Crippen LogP contribution in [0, 0.1) is 5.41 Å². The van der Waals surface area contributed by atoms with Crippen molar-refractivity contribution in [3.63, 3.8) is 0 Å². The van der Waals surface area contributed by atoms with Crippen LogP contribution in [0.5, 0.6) is 0 Å². The molecular formula is C14H19N3O. The Balaban J connectivity index is 1.90. The van der Waals surface area contributed by atoms with E-state index in [2.05, 4.69) is 34.8 Å². The van der Waals surface area contributed by atoms with Gasteiger partial charge in [-0.3, -0.25) is 0 Å². The number of imidazole rings is 1. The lowest BCUT2D eigenvalue weighted by Gasteiger charge is -2.49. The Bertz CT molecular complexity index is 588. The van der Waals surface area contributed by atoms with Crippen molar-refractivity contribution in [2.24, 2.45) is 12.5 Å². The second-order valence-corrected chi connectivity index (χ2v) is 5.75. The zero-order valence-electron chi connectivity index (χ0n) is 11.0. The fourth-order valence-electron chi connectivity index (χ4n) is 2.58. The van der Waals surface area contributed by atoms with Crippen LogP contribution in [0.25, 0.3) is 11.0 Å². The van der Waals surface area contributed by atoms with Gasteiger partial charge in [0.15, 0.2) is 0 Å². The van der Waals surface area contributed by atoms with E-state index in [0.717, 1.165) is 23.4 Å². The molecule has 2 aromatic rings. The SMILES string of the molecule is Cn1c(NC2CC(O)C2(C)C)nc2ccccc21. The number of hydrogen-bond donors (Lipinski definition) is 2. The number of nitrogens with one attached hydrogen (secondary N) is 1. The largest absolute Gasteiger partial charge is 0.392 e. The van der Waals surface area contributed by atoms with Gasteiger partial charge < -0.3 is 15.0 Å². The maximum absolute atomic E-state index is 9.77. The van der Waals surface area contributed by atoms with E-state index >= 15 is 0 Å². The summed E-state index contributed by atoms with van der Waals surface area (Å²) in [5, 5.41) is 13.2. The molecule has 2 unspecified atom stereocenters. The number of aryl methyl sites for hydroxylation is 1. The zero-order chi connectivity index (χ0) is 12.9. The number of hydrogen-bond acceptors (Lipinski definition) is 3. The van der Waals surface area contributed by atoms with Crippen molar-refractivity contribution < 1.29 is 5.11 Å². The quantitative estimate of drug-likeness (QED) is 0.852. The third-order valence-electron chi connectivity index (χ3n) is 4.31. The standard InChI is InChI=1S/C14H19N3O/c1-14(2)11(8-12(14)18)16-13-15-9-6-4-5-7-10(9)17(13)3/h4-7,11-12,18H,8H2,1-3H3,(H,15,16). The molecule has 1 heterocycles. The predicted octanol–water partition coefficient (Wildman–Crippen LogP) is 2.14. The second kappa shape index (κ2) is 3.72. The molecule has 0 saturated heterocycles. The minimum atomic E-state index is -0.218. The molecule has 1 fully saturated rings. The molecule has 3 rings (SSSR count). The van der Waals surface area contributed by atoms with Gasteiger partial charge in [-0.2, -0.15) is 0 Å². The Hall–Kier alpha value is -1.55. The third-order valence-corrected chi connectivity index (χ3v) is 4.31. The van der Waals surface area contributed by atoms with Crippen molar-refractivity contribution in [1.29, 1.82) is 0 Å². The van der Waals surface area contributed by atoms with E-state index in [1.807, 2.05) is 25.2 Å². The number of para-hydroxylation sites is 2. The summed E-state index contributed by atoms with van der Waals surface area (Å²) in [7, 11) is 2.01. The average molecular weight is 245 g/mol. The molecule has 0 amide bonds. The minimum absolute atomic E-state index is 0.0852. The highest BCUT2D eigenvalue weighted by molar-refractivity contribution is 5.78. The fraction of sp³-hybridized carbons (Fsp3) is 0.500. The van der Waals surface area contributed by atoms with Crippen molar-refractivity contribution in [3.8, 4) is 0 Å². The van der Waals surface area contributed by atoms with Gasteiger partial charge >= 0.3 is 0 Å². The molecule has 1 aliphatic rings. The molecule has 4 nitrogen and oxygen atoms in total. The van der Waals surface area contributed by atoms with E-state index in [-0.39, 0.29) is 17.6 Å². The number of rotatable bonds is 2. The van der Waals surface area contributed by atoms with Crippen LogP contribution in [0.1, 0.15) is 20.3 Å². The minimum Gasteiger partial charge on any atom is -0.392 e. The molecule has 0 bridgehead atoms. The average Bonchev–Trinajstić information content (AvgIpc) is 2.67. The van der Waals surface area contributed by atoms with Crippen LogP contribution in [0.15, 0.2) is 24.3 Å². The smallest absolute Gasteiger partial charge is 0.203 e. The monoisotopic (exact) mass is 245 g/mol. The van der Waals surface area contributed by atoms with Crippen LogP contribution in [0.2, 0.25) is 0 Å². The number of benzene rings is 1. The number of fused-ring (bicyclic) bond motifs is 1. The lowest BCUT2D eigenvalue weighted by molar-refractivity contribution is -0.0513. The van der Waals surface area contributed by atoms with Gasteiger partial charge in [0.2, 0.25) is 5.95 Å². The Labute approximate surface area is 107 Å². The van der Waals surface area contributed by atoms with E-state index in [0.29, 0.717) is 0 Å². The number of nitrogens with zero attached hydrogens (tertiary/aromatic N) is 2. The Morgan fingerprint density at radius 2 is 2.11 bits per heavy atom. The molecule has 18 heavy (non-hydrogen) atoms. The summed E-state index contributed by atoms with van der Waals surface area (Å²) in [6.45, 7) is 4.17. The van der Waals surface area contributed by atoms with Gasteiger partial charge in [0.1, 0.15) is 0 Å². The van der Waals surface area contributed by atoms with Crippen LogP contribution in [0.3, 0.4) is 0 Å². The highest BCUT2D eigenvalue weighted by Crippen LogP contribution is 2.42. The van der Waals surface area contributed by atoms with Gasteiger partial charge in [0.05, 0.1) is 17.1 Å². The summed E-state index contributed by atoms with van der Waals surface area (Å²) in [5.74, 6) is 0.876.